The van der Waals surface area contributed by atoms with Gasteiger partial charge in [0, 0.05) is 11.3 Å². The van der Waals surface area contributed by atoms with Crippen LogP contribution in [0.15, 0.2) is 12.1 Å². The number of carboxylic acid groups (broad SMARTS) is 1. The van der Waals surface area contributed by atoms with Crippen LogP contribution in [-0.4, -0.2) is 22.8 Å². The van der Waals surface area contributed by atoms with Crippen LogP contribution in [0, 0.1) is 19.3 Å². The number of hydrogen-bond donors (Lipinski definition) is 2. The number of rotatable bonds is 3. The normalized spacial score (nSPS) is 10.6. The lowest BCUT2D eigenvalue weighted by atomic mass is 9.99. The Hall–Kier alpha value is -2.48. The first-order chi connectivity index (χ1) is 9.62. The van der Waals surface area contributed by atoms with Crippen LogP contribution in [0.5, 0.6) is 0 Å². The van der Waals surface area contributed by atoms with Crippen molar-refractivity contribution in [2.24, 2.45) is 0 Å². The second kappa shape index (κ2) is 6.31. The number of benzene rings is 1. The van der Waals surface area contributed by atoms with Gasteiger partial charge in [-0.1, -0.05) is 5.92 Å². The average Bonchev–Trinajstić information content (AvgIpc) is 2.29. The quantitative estimate of drug-likeness (QED) is 0.839. The summed E-state index contributed by atoms with van der Waals surface area (Å²) in [6, 6.07) is 3.21. The number of carboxylic acids is 1. The minimum atomic E-state index is -0.963. The first-order valence-corrected chi connectivity index (χ1v) is 6.44. The van der Waals surface area contributed by atoms with Crippen LogP contribution in [0.1, 0.15) is 37.5 Å². The Bertz CT molecular complexity index is 606. The molecule has 0 unspecified atom stereocenters. The largest absolute Gasteiger partial charge is 0.481 e. The van der Waals surface area contributed by atoms with Gasteiger partial charge in [-0.25, -0.2) is 4.79 Å². The van der Waals surface area contributed by atoms with E-state index < -0.39 is 17.7 Å². The van der Waals surface area contributed by atoms with Gasteiger partial charge in [-0.3, -0.25) is 10.1 Å². The third-order valence-electron chi connectivity index (χ3n) is 2.66. The lowest BCUT2D eigenvalue weighted by Gasteiger charge is -2.20. The Kier molecular flexibility index (Phi) is 4.98. The Morgan fingerprint density at radius 2 is 2.00 bits per heavy atom. The third kappa shape index (κ3) is 5.19. The second-order valence-electron chi connectivity index (χ2n) is 5.65. The molecule has 5 heteroatoms. The highest BCUT2D eigenvalue weighted by Gasteiger charge is 2.17. The molecule has 0 aromatic heterocycles. The van der Waals surface area contributed by atoms with Crippen molar-refractivity contribution < 1.29 is 19.4 Å². The van der Waals surface area contributed by atoms with E-state index in [9.17, 15) is 9.59 Å². The maximum Gasteiger partial charge on any atom is 0.412 e. The number of hydrogen-bond acceptors (Lipinski definition) is 3. The lowest BCUT2D eigenvalue weighted by Crippen LogP contribution is -2.27. The highest BCUT2D eigenvalue weighted by molar-refractivity contribution is 5.86. The summed E-state index contributed by atoms with van der Waals surface area (Å²) in [5.41, 5.74) is 1.62. The van der Waals surface area contributed by atoms with Crippen LogP contribution in [0.25, 0.3) is 0 Å². The highest BCUT2D eigenvalue weighted by atomic mass is 16.6. The van der Waals surface area contributed by atoms with Crippen molar-refractivity contribution in [1.29, 1.82) is 0 Å². The van der Waals surface area contributed by atoms with Gasteiger partial charge in [0.15, 0.2) is 0 Å². The summed E-state index contributed by atoms with van der Waals surface area (Å²) in [6.07, 6.45) is 4.63. The molecule has 112 valence electrons. The van der Waals surface area contributed by atoms with Crippen molar-refractivity contribution in [1.82, 2.24) is 0 Å². The molecule has 0 aliphatic carbocycles. The molecular formula is C16H19NO4. The van der Waals surface area contributed by atoms with Gasteiger partial charge in [0.1, 0.15) is 5.60 Å². The maximum absolute atomic E-state index is 11.7. The van der Waals surface area contributed by atoms with Crippen molar-refractivity contribution in [2.75, 3.05) is 5.32 Å². The van der Waals surface area contributed by atoms with Gasteiger partial charge < -0.3 is 9.84 Å². The third-order valence-corrected chi connectivity index (χ3v) is 2.66. The number of ether oxygens (including phenoxy) is 1. The van der Waals surface area contributed by atoms with Gasteiger partial charge >= 0.3 is 12.1 Å². The van der Waals surface area contributed by atoms with Gasteiger partial charge in [-0.05, 0) is 51.0 Å². The summed E-state index contributed by atoms with van der Waals surface area (Å²) in [5.74, 6) is 1.52. The van der Waals surface area contributed by atoms with Gasteiger partial charge in [-0.2, -0.15) is 0 Å². The number of amides is 1. The Labute approximate surface area is 124 Å². The molecule has 0 spiro atoms. The minimum absolute atomic E-state index is 0.162. The number of anilines is 1. The molecule has 0 bridgehead atoms. The van der Waals surface area contributed by atoms with E-state index in [0.29, 0.717) is 16.8 Å². The van der Waals surface area contributed by atoms with Gasteiger partial charge in [0.25, 0.3) is 0 Å². The van der Waals surface area contributed by atoms with E-state index in [2.05, 4.69) is 11.2 Å². The zero-order valence-electron chi connectivity index (χ0n) is 12.6. The van der Waals surface area contributed by atoms with Crippen molar-refractivity contribution in [2.45, 2.75) is 39.7 Å². The molecule has 5 nitrogen and oxygen atoms in total. The summed E-state index contributed by atoms with van der Waals surface area (Å²) >= 11 is 0. The smallest absolute Gasteiger partial charge is 0.412 e. The SMILES string of the molecule is C#Cc1cc(NC(=O)OC(C)(C)C)cc(CC(=O)O)c1C. The fourth-order valence-corrected chi connectivity index (χ4v) is 1.76. The number of terminal acetylenes is 1. The highest BCUT2D eigenvalue weighted by Crippen LogP contribution is 2.21. The topological polar surface area (TPSA) is 75.6 Å². The first kappa shape index (κ1) is 16.6. The number of carbonyl (C=O) groups is 2. The van der Waals surface area contributed by atoms with E-state index in [-0.39, 0.29) is 6.42 Å². The first-order valence-electron chi connectivity index (χ1n) is 6.44. The van der Waals surface area contributed by atoms with Crippen molar-refractivity contribution in [3.63, 3.8) is 0 Å². The molecule has 1 aromatic rings. The predicted octanol–water partition coefficient (Wildman–Crippen LogP) is 2.95. The van der Waals surface area contributed by atoms with Gasteiger partial charge in [0.05, 0.1) is 6.42 Å². The Morgan fingerprint density at radius 1 is 1.38 bits per heavy atom. The molecule has 1 rings (SSSR count). The van der Waals surface area contributed by atoms with Gasteiger partial charge in [-0.15, -0.1) is 6.42 Å². The van der Waals surface area contributed by atoms with E-state index in [1.54, 1.807) is 39.8 Å². The summed E-state index contributed by atoms with van der Waals surface area (Å²) in [6.45, 7) is 7.02. The second-order valence-corrected chi connectivity index (χ2v) is 5.65. The molecular weight excluding hydrogens is 270 g/mol. The van der Waals surface area contributed by atoms with Gasteiger partial charge in [0.2, 0.25) is 0 Å². The monoisotopic (exact) mass is 289 g/mol. The van der Waals surface area contributed by atoms with Crippen molar-refractivity contribution in [3.05, 3.63) is 28.8 Å². The molecule has 1 aromatic carbocycles. The standard InChI is InChI=1S/C16H19NO4/c1-6-11-7-13(17-15(20)21-16(3,4)5)8-12(10(11)2)9-14(18)19/h1,7-8H,9H2,2-5H3,(H,17,20)(H,18,19). The molecule has 0 aliphatic heterocycles. The number of nitrogens with one attached hydrogen (secondary N) is 1. The summed E-state index contributed by atoms with van der Waals surface area (Å²) < 4.78 is 5.15. The molecule has 0 saturated heterocycles. The number of aliphatic carboxylic acids is 1. The lowest BCUT2D eigenvalue weighted by molar-refractivity contribution is -0.136. The minimum Gasteiger partial charge on any atom is -0.481 e. The zero-order valence-corrected chi connectivity index (χ0v) is 12.6. The molecule has 0 atom stereocenters. The van der Waals surface area contributed by atoms with Crippen molar-refractivity contribution >= 4 is 17.7 Å². The van der Waals surface area contributed by atoms with Crippen molar-refractivity contribution in [3.8, 4) is 12.3 Å². The van der Waals surface area contributed by atoms with Crippen LogP contribution in [0.4, 0.5) is 10.5 Å². The molecule has 2 N–H and O–H groups in total. The van der Waals surface area contributed by atoms with Crippen LogP contribution < -0.4 is 5.32 Å². The number of carbonyl (C=O) groups excluding carboxylic acids is 1. The van der Waals surface area contributed by atoms with E-state index in [4.69, 9.17) is 16.3 Å². The molecule has 21 heavy (non-hydrogen) atoms. The fraction of sp³-hybridized carbons (Fsp3) is 0.375. The predicted molar refractivity (Wildman–Crippen MR) is 80.3 cm³/mol. The summed E-state index contributed by atoms with van der Waals surface area (Å²) in [7, 11) is 0. The van der Waals surface area contributed by atoms with E-state index >= 15 is 0 Å². The molecule has 0 aliphatic rings. The van der Waals surface area contributed by atoms with E-state index in [1.807, 2.05) is 0 Å². The summed E-state index contributed by atoms with van der Waals surface area (Å²) in [4.78, 5) is 22.6. The van der Waals surface area contributed by atoms with Crippen LogP contribution in [0.2, 0.25) is 0 Å². The molecule has 0 radical (unpaired) electrons. The van der Waals surface area contributed by atoms with Crippen LogP contribution in [-0.2, 0) is 16.0 Å². The molecule has 0 heterocycles. The summed E-state index contributed by atoms with van der Waals surface area (Å²) in [5, 5.41) is 11.5. The van der Waals surface area contributed by atoms with E-state index in [0.717, 1.165) is 5.56 Å². The average molecular weight is 289 g/mol. The van der Waals surface area contributed by atoms with E-state index in [1.165, 1.54) is 0 Å². The Balaban J connectivity index is 3.06. The Morgan fingerprint density at radius 3 is 2.48 bits per heavy atom. The molecule has 1 amide bonds. The van der Waals surface area contributed by atoms with Crippen LogP contribution in [0.3, 0.4) is 0 Å². The zero-order chi connectivity index (χ0) is 16.2. The maximum atomic E-state index is 11.7. The molecule has 0 saturated carbocycles. The molecule has 0 fully saturated rings. The van der Waals surface area contributed by atoms with Crippen LogP contribution >= 0.6 is 0 Å². The fourth-order valence-electron chi connectivity index (χ4n) is 1.76.